The van der Waals surface area contributed by atoms with E-state index >= 15 is 0 Å². The van der Waals surface area contributed by atoms with Crippen molar-refractivity contribution in [2.75, 3.05) is 12.4 Å². The first-order valence-corrected chi connectivity index (χ1v) is 7.39. The summed E-state index contributed by atoms with van der Waals surface area (Å²) in [6.07, 6.45) is 9.06. The fraction of sp³-hybridized carbons (Fsp3) is 0.471. The number of ether oxygens (including phenoxy) is 1. The monoisotopic (exact) mass is 271 g/mol. The highest BCUT2D eigenvalue weighted by atomic mass is 16.5. The Balaban J connectivity index is 1.59. The van der Waals surface area contributed by atoms with E-state index in [9.17, 15) is 4.79 Å². The molecule has 3 heteroatoms. The summed E-state index contributed by atoms with van der Waals surface area (Å²) in [5, 5.41) is 3.04. The Hall–Kier alpha value is -1.77. The van der Waals surface area contributed by atoms with Gasteiger partial charge in [0, 0.05) is 11.6 Å². The molecule has 1 aromatic carbocycles. The predicted molar refractivity (Wildman–Crippen MR) is 79.7 cm³/mol. The van der Waals surface area contributed by atoms with Crippen LogP contribution in [0.2, 0.25) is 0 Å². The van der Waals surface area contributed by atoms with Crippen molar-refractivity contribution < 1.29 is 9.53 Å². The lowest BCUT2D eigenvalue weighted by molar-refractivity contribution is -0.117. The minimum atomic E-state index is 0.187. The number of nitrogens with one attached hydrogen (secondary N) is 1. The predicted octanol–water partition coefficient (Wildman–Crippen LogP) is 3.63. The van der Waals surface area contributed by atoms with Crippen LogP contribution in [0.4, 0.5) is 5.69 Å². The van der Waals surface area contributed by atoms with Crippen LogP contribution in [-0.2, 0) is 4.79 Å². The minimum Gasteiger partial charge on any atom is -0.497 e. The molecule has 0 heterocycles. The molecule has 0 bridgehead atoms. The SMILES string of the molecule is COc1ccc(NC(=O)C2C3CC/C=C\CCC32)cc1. The molecule has 1 fully saturated rings. The second kappa shape index (κ2) is 5.70. The van der Waals surface area contributed by atoms with Gasteiger partial charge in [-0.15, -0.1) is 0 Å². The third kappa shape index (κ3) is 2.72. The Morgan fingerprint density at radius 3 is 2.25 bits per heavy atom. The fourth-order valence-corrected chi connectivity index (χ4v) is 3.33. The van der Waals surface area contributed by atoms with E-state index in [1.165, 1.54) is 0 Å². The Morgan fingerprint density at radius 1 is 1.10 bits per heavy atom. The highest BCUT2D eigenvalue weighted by Crippen LogP contribution is 2.53. The van der Waals surface area contributed by atoms with Crippen LogP contribution in [0.25, 0.3) is 0 Å². The van der Waals surface area contributed by atoms with Gasteiger partial charge in [0.1, 0.15) is 5.75 Å². The first-order valence-electron chi connectivity index (χ1n) is 7.39. The maximum absolute atomic E-state index is 12.4. The van der Waals surface area contributed by atoms with E-state index in [-0.39, 0.29) is 11.8 Å². The highest BCUT2D eigenvalue weighted by molar-refractivity contribution is 5.94. The molecule has 3 rings (SSSR count). The van der Waals surface area contributed by atoms with E-state index in [2.05, 4.69) is 17.5 Å². The van der Waals surface area contributed by atoms with Gasteiger partial charge in [0.05, 0.1) is 7.11 Å². The third-order valence-electron chi connectivity index (χ3n) is 4.49. The van der Waals surface area contributed by atoms with Crippen LogP contribution in [0.3, 0.4) is 0 Å². The number of rotatable bonds is 3. The highest BCUT2D eigenvalue weighted by Gasteiger charge is 2.53. The van der Waals surface area contributed by atoms with Crippen LogP contribution in [0, 0.1) is 17.8 Å². The van der Waals surface area contributed by atoms with Crippen LogP contribution in [0.15, 0.2) is 36.4 Å². The smallest absolute Gasteiger partial charge is 0.228 e. The zero-order valence-corrected chi connectivity index (χ0v) is 11.8. The zero-order chi connectivity index (χ0) is 13.9. The molecule has 1 saturated carbocycles. The van der Waals surface area contributed by atoms with Gasteiger partial charge in [-0.1, -0.05) is 12.2 Å². The number of amides is 1. The summed E-state index contributed by atoms with van der Waals surface area (Å²) >= 11 is 0. The molecule has 20 heavy (non-hydrogen) atoms. The molecule has 0 spiro atoms. The normalized spacial score (nSPS) is 29.6. The number of allylic oxidation sites excluding steroid dienone is 2. The van der Waals surface area contributed by atoms with Gasteiger partial charge in [0.2, 0.25) is 5.91 Å². The number of anilines is 1. The molecule has 0 radical (unpaired) electrons. The lowest BCUT2D eigenvalue weighted by Crippen LogP contribution is -2.15. The first-order chi connectivity index (χ1) is 9.79. The van der Waals surface area contributed by atoms with Gasteiger partial charge in [0.15, 0.2) is 0 Å². The molecule has 106 valence electrons. The average molecular weight is 271 g/mol. The van der Waals surface area contributed by atoms with E-state index in [0.29, 0.717) is 11.8 Å². The number of carbonyl (C=O) groups is 1. The quantitative estimate of drug-likeness (QED) is 0.853. The third-order valence-corrected chi connectivity index (χ3v) is 4.49. The van der Waals surface area contributed by atoms with Gasteiger partial charge < -0.3 is 10.1 Å². The van der Waals surface area contributed by atoms with Crippen LogP contribution in [-0.4, -0.2) is 13.0 Å². The lowest BCUT2D eigenvalue weighted by atomic mass is 10.1. The summed E-state index contributed by atoms with van der Waals surface area (Å²) in [6.45, 7) is 0. The van der Waals surface area contributed by atoms with Crippen LogP contribution in [0.5, 0.6) is 5.75 Å². The molecule has 0 aliphatic heterocycles. The molecular formula is C17H21NO2. The molecule has 2 atom stereocenters. The topological polar surface area (TPSA) is 38.3 Å². The summed E-state index contributed by atoms with van der Waals surface area (Å²) < 4.78 is 5.12. The Kier molecular flexibility index (Phi) is 3.77. The number of carbonyl (C=O) groups excluding carboxylic acids is 1. The number of benzene rings is 1. The number of fused-ring (bicyclic) bond motifs is 1. The summed E-state index contributed by atoms with van der Waals surface area (Å²) in [5.41, 5.74) is 0.855. The maximum atomic E-state index is 12.4. The van der Waals surface area contributed by atoms with E-state index in [1.807, 2.05) is 24.3 Å². The van der Waals surface area contributed by atoms with Gasteiger partial charge >= 0.3 is 0 Å². The van der Waals surface area contributed by atoms with Gasteiger partial charge in [0.25, 0.3) is 0 Å². The molecule has 1 N–H and O–H groups in total. The number of hydrogen-bond donors (Lipinski definition) is 1. The molecule has 0 aromatic heterocycles. The van der Waals surface area contributed by atoms with Crippen molar-refractivity contribution in [3.8, 4) is 5.75 Å². The maximum Gasteiger partial charge on any atom is 0.228 e. The van der Waals surface area contributed by atoms with Gasteiger partial charge in [-0.2, -0.15) is 0 Å². The Morgan fingerprint density at radius 2 is 1.70 bits per heavy atom. The Labute approximate surface area is 120 Å². The summed E-state index contributed by atoms with van der Waals surface area (Å²) in [6, 6.07) is 7.52. The van der Waals surface area contributed by atoms with E-state index in [4.69, 9.17) is 4.74 Å². The van der Waals surface area contributed by atoms with Crippen molar-refractivity contribution in [2.24, 2.45) is 17.8 Å². The van der Waals surface area contributed by atoms with Gasteiger partial charge in [-0.05, 0) is 61.8 Å². The number of hydrogen-bond acceptors (Lipinski definition) is 2. The molecule has 2 aliphatic carbocycles. The van der Waals surface area contributed by atoms with Gasteiger partial charge in [-0.3, -0.25) is 4.79 Å². The molecular weight excluding hydrogens is 250 g/mol. The van der Waals surface area contributed by atoms with Crippen molar-refractivity contribution in [1.82, 2.24) is 0 Å². The zero-order valence-electron chi connectivity index (χ0n) is 11.8. The second-order valence-electron chi connectivity index (χ2n) is 5.70. The summed E-state index contributed by atoms with van der Waals surface area (Å²) in [4.78, 5) is 12.4. The largest absolute Gasteiger partial charge is 0.497 e. The van der Waals surface area contributed by atoms with E-state index < -0.39 is 0 Å². The summed E-state index contributed by atoms with van der Waals surface area (Å²) in [5.74, 6) is 2.41. The van der Waals surface area contributed by atoms with Crippen LogP contribution < -0.4 is 10.1 Å². The summed E-state index contributed by atoms with van der Waals surface area (Å²) in [7, 11) is 1.64. The fourth-order valence-electron chi connectivity index (χ4n) is 3.33. The van der Waals surface area contributed by atoms with E-state index in [0.717, 1.165) is 37.1 Å². The van der Waals surface area contributed by atoms with E-state index in [1.54, 1.807) is 7.11 Å². The molecule has 2 aliphatic rings. The van der Waals surface area contributed by atoms with Gasteiger partial charge in [-0.25, -0.2) is 0 Å². The van der Waals surface area contributed by atoms with Crippen molar-refractivity contribution in [2.45, 2.75) is 25.7 Å². The van der Waals surface area contributed by atoms with Crippen LogP contribution in [0.1, 0.15) is 25.7 Å². The van der Waals surface area contributed by atoms with Crippen molar-refractivity contribution in [3.63, 3.8) is 0 Å². The van der Waals surface area contributed by atoms with Crippen molar-refractivity contribution >= 4 is 11.6 Å². The second-order valence-corrected chi connectivity index (χ2v) is 5.70. The van der Waals surface area contributed by atoms with Crippen molar-refractivity contribution in [1.29, 1.82) is 0 Å². The molecule has 0 saturated heterocycles. The average Bonchev–Trinajstić information content (AvgIpc) is 3.11. The van der Waals surface area contributed by atoms with Crippen molar-refractivity contribution in [3.05, 3.63) is 36.4 Å². The lowest BCUT2D eigenvalue weighted by Gasteiger charge is -2.06. The number of methoxy groups -OCH3 is 1. The molecule has 2 unspecified atom stereocenters. The molecule has 1 aromatic rings. The minimum absolute atomic E-state index is 0.187. The molecule has 3 nitrogen and oxygen atoms in total. The molecule has 1 amide bonds. The van der Waals surface area contributed by atoms with Crippen LogP contribution >= 0.6 is 0 Å². The Bertz CT molecular complexity index is 490. The first kappa shape index (κ1) is 13.2. The standard InChI is InChI=1S/C17H21NO2/c1-20-13-10-8-12(9-11-13)18-17(19)16-14-6-4-2-3-5-7-15(14)16/h2-3,8-11,14-16H,4-7H2,1H3,(H,18,19)/b3-2-.